The molecule has 182 valence electrons. The van der Waals surface area contributed by atoms with Gasteiger partial charge in [0, 0.05) is 24.0 Å². The van der Waals surface area contributed by atoms with E-state index in [0.29, 0.717) is 36.3 Å². The highest BCUT2D eigenvalue weighted by molar-refractivity contribution is 6.13. The zero-order valence-corrected chi connectivity index (χ0v) is 20.4. The predicted octanol–water partition coefficient (Wildman–Crippen LogP) is 6.08. The molecule has 37 heavy (non-hydrogen) atoms. The van der Waals surface area contributed by atoms with Crippen LogP contribution in [0.4, 0.5) is 0 Å². The number of aromatic nitrogens is 3. The highest BCUT2D eigenvalue weighted by Crippen LogP contribution is 2.46. The summed E-state index contributed by atoms with van der Waals surface area (Å²) in [5.41, 5.74) is 8.48. The molecule has 0 atom stereocenters. The van der Waals surface area contributed by atoms with Crippen molar-refractivity contribution in [1.29, 1.82) is 0 Å². The highest BCUT2D eigenvalue weighted by atomic mass is 16.5. The van der Waals surface area contributed by atoms with E-state index >= 15 is 0 Å². The van der Waals surface area contributed by atoms with Gasteiger partial charge in [-0.1, -0.05) is 61.2 Å². The first-order valence-electron chi connectivity index (χ1n) is 12.2. The molecule has 0 bridgehead atoms. The zero-order valence-electron chi connectivity index (χ0n) is 20.4. The van der Waals surface area contributed by atoms with Gasteiger partial charge in [0.25, 0.3) is 0 Å². The van der Waals surface area contributed by atoms with E-state index in [1.54, 1.807) is 17.8 Å². The van der Waals surface area contributed by atoms with E-state index in [-0.39, 0.29) is 11.5 Å². The Morgan fingerprint density at radius 1 is 0.973 bits per heavy atom. The molecule has 4 aromatic carbocycles. The Hall–Kier alpha value is -4.71. The fourth-order valence-electron chi connectivity index (χ4n) is 5.01. The number of hydrogen-bond acceptors (Lipinski definition) is 5. The van der Waals surface area contributed by atoms with Gasteiger partial charge in [0.1, 0.15) is 11.0 Å². The summed E-state index contributed by atoms with van der Waals surface area (Å²) in [6, 6.07) is 25.0. The molecule has 1 heterocycles. The summed E-state index contributed by atoms with van der Waals surface area (Å²) in [6.07, 6.45) is 1.19. The van der Waals surface area contributed by atoms with Crippen LogP contribution in [0.3, 0.4) is 0 Å². The Labute approximate surface area is 214 Å². The van der Waals surface area contributed by atoms with E-state index in [0.717, 1.165) is 44.5 Å². The fourth-order valence-corrected chi connectivity index (χ4v) is 5.01. The quantitative estimate of drug-likeness (QED) is 0.218. The molecule has 1 aromatic heterocycles. The van der Waals surface area contributed by atoms with E-state index in [1.165, 1.54) is 0 Å². The lowest BCUT2D eigenvalue weighted by Gasteiger charge is -2.14. The summed E-state index contributed by atoms with van der Waals surface area (Å²) in [5, 5.41) is 19.9. The first kappa shape index (κ1) is 22.7. The minimum Gasteiger partial charge on any atom is -0.504 e. The molecular weight excluding hydrogens is 462 g/mol. The maximum atomic E-state index is 12.8. The minimum atomic E-state index is -0.0725. The van der Waals surface area contributed by atoms with Gasteiger partial charge in [-0.05, 0) is 59.0 Å². The molecule has 0 radical (unpaired) electrons. The number of Topliss-reactive ketones (excluding diaryl/α,β-unsaturated/α-hetero) is 1. The van der Waals surface area contributed by atoms with Crippen LogP contribution < -0.4 is 4.74 Å². The maximum absolute atomic E-state index is 12.8. The summed E-state index contributed by atoms with van der Waals surface area (Å²) >= 11 is 0. The molecular formula is C31H25N3O3. The Balaban J connectivity index is 1.28. The number of phenolic OH excluding ortho intramolecular Hbond substituents is 1. The van der Waals surface area contributed by atoms with Gasteiger partial charge in [-0.2, -0.15) is 4.80 Å². The smallest absolute Gasteiger partial charge is 0.188 e. The number of hydrogen-bond donors (Lipinski definition) is 1. The number of para-hydroxylation sites is 1. The lowest BCUT2D eigenvalue weighted by Crippen LogP contribution is -2.08. The lowest BCUT2D eigenvalue weighted by molar-refractivity contribution is 0.103. The maximum Gasteiger partial charge on any atom is 0.188 e. The molecule has 0 amide bonds. The normalized spacial score (nSPS) is 11.8. The molecule has 0 unspecified atom stereocenters. The van der Waals surface area contributed by atoms with Crippen LogP contribution in [0.2, 0.25) is 0 Å². The number of fused-ring (bicyclic) bond motifs is 4. The first-order chi connectivity index (χ1) is 18.0. The molecule has 0 spiro atoms. The number of allylic oxidation sites excluding steroid dienone is 1. The van der Waals surface area contributed by atoms with E-state index in [1.807, 2.05) is 72.8 Å². The number of rotatable bonds is 7. The van der Waals surface area contributed by atoms with Crippen molar-refractivity contribution in [3.05, 3.63) is 113 Å². The molecule has 1 N–H and O–H groups in total. The third-order valence-electron chi connectivity index (χ3n) is 6.77. The second-order valence-corrected chi connectivity index (χ2v) is 9.27. The summed E-state index contributed by atoms with van der Waals surface area (Å²) in [4.78, 5) is 14.5. The zero-order chi connectivity index (χ0) is 25.5. The number of benzene rings is 4. The van der Waals surface area contributed by atoms with Gasteiger partial charge in [0.05, 0.1) is 12.3 Å². The van der Waals surface area contributed by atoms with Crippen molar-refractivity contribution in [2.24, 2.45) is 0 Å². The molecule has 6 nitrogen and oxygen atoms in total. The molecule has 1 aliphatic carbocycles. The van der Waals surface area contributed by atoms with E-state index in [4.69, 9.17) is 4.74 Å². The number of nitrogens with zero attached hydrogens (tertiary/aromatic N) is 3. The van der Waals surface area contributed by atoms with Crippen molar-refractivity contribution in [2.45, 2.75) is 19.8 Å². The molecule has 0 saturated heterocycles. The molecule has 6 rings (SSSR count). The van der Waals surface area contributed by atoms with Crippen LogP contribution in [-0.2, 0) is 12.8 Å². The van der Waals surface area contributed by atoms with Gasteiger partial charge in [0.2, 0.25) is 0 Å². The van der Waals surface area contributed by atoms with Crippen LogP contribution in [0.5, 0.6) is 11.5 Å². The minimum absolute atomic E-state index is 0.0725. The summed E-state index contributed by atoms with van der Waals surface area (Å²) < 4.78 is 6.21. The summed E-state index contributed by atoms with van der Waals surface area (Å²) in [6.45, 7) is 5.91. The monoisotopic (exact) mass is 487 g/mol. The van der Waals surface area contributed by atoms with Crippen LogP contribution in [0, 0.1) is 0 Å². The Morgan fingerprint density at radius 2 is 1.70 bits per heavy atom. The second kappa shape index (κ2) is 9.06. The highest BCUT2D eigenvalue weighted by Gasteiger charge is 2.28. The Morgan fingerprint density at radius 3 is 2.46 bits per heavy atom. The van der Waals surface area contributed by atoms with Gasteiger partial charge >= 0.3 is 0 Å². The molecule has 0 fully saturated rings. The number of ether oxygens (including phenoxy) is 1. The molecule has 0 aliphatic heterocycles. The van der Waals surface area contributed by atoms with Crippen LogP contribution in [0.15, 0.2) is 91.0 Å². The number of phenols is 1. The van der Waals surface area contributed by atoms with E-state index in [2.05, 4.69) is 16.8 Å². The van der Waals surface area contributed by atoms with Gasteiger partial charge in [-0.3, -0.25) is 4.79 Å². The number of carbonyl (C=O) groups excluding carboxylic acids is 1. The first-order valence-corrected chi connectivity index (χ1v) is 12.2. The Bertz CT molecular complexity index is 1670. The van der Waals surface area contributed by atoms with Gasteiger partial charge in [0.15, 0.2) is 17.3 Å². The van der Waals surface area contributed by atoms with E-state index < -0.39 is 0 Å². The third kappa shape index (κ3) is 3.96. The fraction of sp³-hybridized carbons (Fsp3) is 0.129. The average molecular weight is 488 g/mol. The summed E-state index contributed by atoms with van der Waals surface area (Å²) in [7, 11) is 0. The van der Waals surface area contributed by atoms with Crippen molar-refractivity contribution in [3.8, 4) is 28.3 Å². The molecule has 5 aromatic rings. The second-order valence-electron chi connectivity index (χ2n) is 9.27. The topological polar surface area (TPSA) is 77.2 Å². The number of carbonyl (C=O) groups is 1. The van der Waals surface area contributed by atoms with Gasteiger partial charge in [-0.15, -0.1) is 10.2 Å². The predicted molar refractivity (Wildman–Crippen MR) is 144 cm³/mol. The third-order valence-corrected chi connectivity index (χ3v) is 6.77. The molecule has 0 saturated carbocycles. The van der Waals surface area contributed by atoms with Crippen molar-refractivity contribution < 1.29 is 14.6 Å². The summed E-state index contributed by atoms with van der Waals surface area (Å²) in [5.74, 6) is 0.479. The van der Waals surface area contributed by atoms with E-state index in [9.17, 15) is 9.90 Å². The molecule has 1 aliphatic rings. The van der Waals surface area contributed by atoms with Crippen molar-refractivity contribution in [3.63, 3.8) is 0 Å². The Kier molecular flexibility index (Phi) is 5.57. The average Bonchev–Trinajstić information content (AvgIpc) is 3.51. The van der Waals surface area contributed by atoms with Gasteiger partial charge < -0.3 is 9.84 Å². The number of ketones is 1. The van der Waals surface area contributed by atoms with Crippen molar-refractivity contribution >= 4 is 16.8 Å². The largest absolute Gasteiger partial charge is 0.504 e. The van der Waals surface area contributed by atoms with Crippen LogP contribution >= 0.6 is 0 Å². The van der Waals surface area contributed by atoms with Crippen LogP contribution in [0.1, 0.15) is 34.0 Å². The van der Waals surface area contributed by atoms with Gasteiger partial charge in [-0.25, -0.2) is 0 Å². The van der Waals surface area contributed by atoms with Crippen LogP contribution in [0.25, 0.3) is 27.8 Å². The molecule has 6 heteroatoms. The number of aromatic hydroxyl groups is 1. The van der Waals surface area contributed by atoms with Crippen LogP contribution in [-0.4, -0.2) is 32.5 Å². The van der Waals surface area contributed by atoms with Crippen molar-refractivity contribution in [1.82, 2.24) is 15.0 Å². The SMILES string of the molecule is C=C(C)C(=O)c1cccc2c1-c1ccc(O)c(OCCc3ccccc3-n3nc4ccccc4n3)c1C2. The lowest BCUT2D eigenvalue weighted by atomic mass is 9.94. The standard InChI is InChI=1S/C31H25N3O3/c1-19(2)30(36)23-10-7-9-21-18-24-22(29(21)23)14-15-28(35)31(24)37-17-16-20-8-3-6-13-27(20)34-32-25-11-4-5-12-26(25)33-34/h3-15,35H,1,16-18H2,2H3. The van der Waals surface area contributed by atoms with Crippen molar-refractivity contribution in [2.75, 3.05) is 6.61 Å².